The van der Waals surface area contributed by atoms with Gasteiger partial charge in [-0.05, 0) is 57.0 Å². The maximum Gasteiger partial charge on any atom is 0.241 e. The molecule has 32 heavy (non-hydrogen) atoms. The van der Waals surface area contributed by atoms with Crippen LogP contribution in [0.1, 0.15) is 98.4 Å². The van der Waals surface area contributed by atoms with E-state index in [-0.39, 0.29) is 16.2 Å². The lowest BCUT2D eigenvalue weighted by Crippen LogP contribution is -2.30. The molecule has 1 aromatic heterocycles. The molecule has 2 N–H and O–H groups in total. The summed E-state index contributed by atoms with van der Waals surface area (Å²) in [5.74, 6) is 4.69. The lowest BCUT2D eigenvalue weighted by Gasteiger charge is -2.33. The molecule has 0 saturated heterocycles. The third-order valence-electron chi connectivity index (χ3n) is 5.95. The topological polar surface area (TPSA) is 41.1 Å². The molecule has 0 aliphatic rings. The molecule has 0 bridgehead atoms. The Balaban J connectivity index is 2.93. The van der Waals surface area contributed by atoms with Crippen molar-refractivity contribution in [3.63, 3.8) is 0 Å². The summed E-state index contributed by atoms with van der Waals surface area (Å²) in [6.45, 7) is 28.3. The Morgan fingerprint density at radius 1 is 0.781 bits per heavy atom. The molecule has 1 heterocycles. The summed E-state index contributed by atoms with van der Waals surface area (Å²) >= 11 is 0. The van der Waals surface area contributed by atoms with Gasteiger partial charge in [0.25, 0.3) is 0 Å². The molecule has 3 nitrogen and oxygen atoms in total. The largest absolute Gasteiger partial charge is 0.284 e. The Bertz CT molecular complexity index is 953. The predicted octanol–water partition coefficient (Wildman–Crippen LogP) is 7.90. The highest BCUT2D eigenvalue weighted by atomic mass is 31.2. The lowest BCUT2D eigenvalue weighted by atomic mass is 9.75. The molecule has 0 aliphatic carbocycles. The summed E-state index contributed by atoms with van der Waals surface area (Å²) in [4.78, 5) is 0. The van der Waals surface area contributed by atoms with Gasteiger partial charge in [0.2, 0.25) is 7.44 Å². The number of rotatable bonds is 6. The van der Waals surface area contributed by atoms with Gasteiger partial charge >= 0.3 is 0 Å². The van der Waals surface area contributed by atoms with Crippen LogP contribution in [0, 0.1) is 6.92 Å². The number of hydrogen-bond donors (Lipinski definition) is 2. The summed E-state index contributed by atoms with van der Waals surface area (Å²) < 4.78 is 13.8. The summed E-state index contributed by atoms with van der Waals surface area (Å²) in [7, 11) is -3.52. The first kappa shape index (κ1) is 27.4. The molecule has 2 rings (SSSR count). The van der Waals surface area contributed by atoms with Crippen molar-refractivity contribution in [1.29, 1.82) is 0 Å². The zero-order valence-corrected chi connectivity index (χ0v) is 24.3. The minimum Gasteiger partial charge on any atom is -0.284 e. The summed E-state index contributed by atoms with van der Waals surface area (Å²) in [6.07, 6.45) is 0. The van der Waals surface area contributed by atoms with E-state index in [4.69, 9.17) is 0 Å². The maximum atomic E-state index is 13.8. The molecular formula is C27H46N2OP2. The van der Waals surface area contributed by atoms with Crippen LogP contribution in [0.15, 0.2) is 23.7 Å². The molecule has 0 saturated carbocycles. The molecule has 0 fully saturated rings. The van der Waals surface area contributed by atoms with E-state index >= 15 is 0 Å². The van der Waals surface area contributed by atoms with Gasteiger partial charge in [0.1, 0.15) is 0 Å². The van der Waals surface area contributed by atoms with Crippen LogP contribution in [-0.2, 0) is 20.8 Å². The number of hydrogen-bond acceptors (Lipinski definition) is 1. The molecule has 2 aromatic rings. The van der Waals surface area contributed by atoms with Crippen molar-refractivity contribution < 1.29 is 4.57 Å². The van der Waals surface area contributed by atoms with Crippen molar-refractivity contribution >= 4 is 20.3 Å². The van der Waals surface area contributed by atoms with Gasteiger partial charge in [0.15, 0.2) is 0 Å². The van der Waals surface area contributed by atoms with Crippen LogP contribution in [-0.4, -0.2) is 13.1 Å². The molecular weight excluding hydrogens is 430 g/mol. The SMILES string of the molecule is CCNP(=O)(NCC)c1cp(-c2c(C(C)(C)C)cc(C(C)(C)C)cc2C(C)(C)C)cc1C. The van der Waals surface area contributed by atoms with Gasteiger partial charge in [-0.25, -0.2) is 0 Å². The van der Waals surface area contributed by atoms with Crippen molar-refractivity contribution in [3.05, 3.63) is 46.0 Å². The maximum absolute atomic E-state index is 13.8. The normalized spacial score (nSPS) is 14.2. The molecule has 5 heteroatoms. The standard InChI is InChI=1S/C27H46N2OP2/c1-13-28-32(30,29-14-2)23-18-31(17-19(23)3)24-21(26(7,8)9)15-20(25(4,5)6)16-22(24)27(10,11)12/h15-18H,13-14H2,1-12H3,(H2,28,29,30). The van der Waals surface area contributed by atoms with E-state index in [1.165, 1.54) is 22.0 Å². The fraction of sp³-hybridized carbons (Fsp3) is 0.630. The highest BCUT2D eigenvalue weighted by Crippen LogP contribution is 2.53. The van der Waals surface area contributed by atoms with Crippen molar-refractivity contribution in [2.45, 2.75) is 99.3 Å². The van der Waals surface area contributed by atoms with E-state index in [2.05, 4.69) is 103 Å². The van der Waals surface area contributed by atoms with Crippen molar-refractivity contribution in [3.8, 4) is 5.30 Å². The van der Waals surface area contributed by atoms with Gasteiger partial charge in [-0.15, -0.1) is 0 Å². The van der Waals surface area contributed by atoms with Gasteiger partial charge in [0, 0.05) is 23.7 Å². The second-order valence-corrected chi connectivity index (χ2v) is 16.1. The molecule has 0 spiro atoms. The van der Waals surface area contributed by atoms with Crippen molar-refractivity contribution in [1.82, 2.24) is 10.2 Å². The first-order valence-corrected chi connectivity index (χ1v) is 15.1. The Hall–Kier alpha value is -0.850. The Kier molecular flexibility index (Phi) is 8.06. The van der Waals surface area contributed by atoms with Crippen molar-refractivity contribution in [2.24, 2.45) is 0 Å². The minimum absolute atomic E-state index is 0.0182. The van der Waals surface area contributed by atoms with Crippen LogP contribution in [0.3, 0.4) is 0 Å². The minimum atomic E-state index is -2.82. The molecule has 180 valence electrons. The van der Waals surface area contributed by atoms with E-state index < -0.39 is 15.0 Å². The van der Waals surface area contributed by atoms with Gasteiger partial charge in [-0.1, -0.05) is 95.8 Å². The van der Waals surface area contributed by atoms with Crippen LogP contribution < -0.4 is 15.5 Å². The fourth-order valence-electron chi connectivity index (χ4n) is 4.16. The third kappa shape index (κ3) is 5.79. The average Bonchev–Trinajstić information content (AvgIpc) is 3.01. The second kappa shape index (κ2) is 9.42. The van der Waals surface area contributed by atoms with Crippen LogP contribution >= 0.6 is 15.0 Å². The molecule has 1 atom stereocenters. The van der Waals surface area contributed by atoms with Crippen LogP contribution in [0.4, 0.5) is 0 Å². The zero-order valence-electron chi connectivity index (χ0n) is 22.5. The average molecular weight is 477 g/mol. The Labute approximate surface area is 198 Å². The first-order chi connectivity index (χ1) is 14.5. The van der Waals surface area contributed by atoms with E-state index in [9.17, 15) is 4.57 Å². The number of nitrogens with one attached hydrogen (secondary N) is 2. The summed E-state index contributed by atoms with van der Waals surface area (Å²) in [5.41, 5.74) is 5.49. The molecule has 1 unspecified atom stereocenters. The monoisotopic (exact) mass is 476 g/mol. The summed E-state index contributed by atoms with van der Waals surface area (Å²) in [6, 6.07) is 4.88. The molecule has 0 aliphatic heterocycles. The number of benzene rings is 1. The van der Waals surface area contributed by atoms with E-state index in [0.29, 0.717) is 13.1 Å². The molecule has 1 aromatic carbocycles. The Morgan fingerprint density at radius 2 is 1.22 bits per heavy atom. The van der Waals surface area contributed by atoms with Gasteiger partial charge in [-0.2, -0.15) is 0 Å². The Morgan fingerprint density at radius 3 is 1.56 bits per heavy atom. The predicted molar refractivity (Wildman–Crippen MR) is 146 cm³/mol. The van der Waals surface area contributed by atoms with Gasteiger partial charge in [-0.3, -0.25) is 14.7 Å². The van der Waals surface area contributed by atoms with E-state index in [0.717, 1.165) is 10.9 Å². The highest BCUT2D eigenvalue weighted by molar-refractivity contribution is 7.69. The van der Waals surface area contributed by atoms with Crippen molar-refractivity contribution in [2.75, 3.05) is 13.1 Å². The fourth-order valence-corrected chi connectivity index (χ4v) is 9.91. The van der Waals surface area contributed by atoms with E-state index in [1.807, 2.05) is 13.8 Å². The van der Waals surface area contributed by atoms with Gasteiger partial charge < -0.3 is 0 Å². The second-order valence-electron chi connectivity index (χ2n) is 12.0. The third-order valence-corrected chi connectivity index (χ3v) is 11.0. The number of aryl methyl sites for hydroxylation is 1. The highest BCUT2D eigenvalue weighted by Gasteiger charge is 2.32. The zero-order chi connectivity index (χ0) is 24.7. The lowest BCUT2D eigenvalue weighted by molar-refractivity contribution is 0.552. The summed E-state index contributed by atoms with van der Waals surface area (Å²) in [5, 5.41) is 8.95. The first-order valence-electron chi connectivity index (χ1n) is 11.9. The van der Waals surface area contributed by atoms with E-state index in [1.54, 1.807) is 0 Å². The van der Waals surface area contributed by atoms with Gasteiger partial charge in [0.05, 0.1) is 0 Å². The quantitative estimate of drug-likeness (QED) is 0.416. The van der Waals surface area contributed by atoms with Crippen LogP contribution in [0.5, 0.6) is 0 Å². The van der Waals surface area contributed by atoms with Crippen LogP contribution in [0.25, 0.3) is 5.30 Å². The smallest absolute Gasteiger partial charge is 0.241 e. The molecule has 0 radical (unpaired) electrons. The molecule has 0 amide bonds. The van der Waals surface area contributed by atoms with Crippen LogP contribution in [0.2, 0.25) is 0 Å².